The van der Waals surface area contributed by atoms with Crippen LogP contribution in [0.15, 0.2) is 39.5 Å². The summed E-state index contributed by atoms with van der Waals surface area (Å²) in [7, 11) is 1.76. The summed E-state index contributed by atoms with van der Waals surface area (Å²) in [5, 5.41) is 10.7. The molecule has 0 saturated carbocycles. The van der Waals surface area contributed by atoms with Crippen LogP contribution in [0.2, 0.25) is 0 Å². The van der Waals surface area contributed by atoms with Crippen LogP contribution in [0.1, 0.15) is 21.5 Å². The van der Waals surface area contributed by atoms with E-state index in [-0.39, 0.29) is 5.91 Å². The lowest BCUT2D eigenvalue weighted by Crippen LogP contribution is -2.25. The van der Waals surface area contributed by atoms with E-state index in [2.05, 4.69) is 22.0 Å². The summed E-state index contributed by atoms with van der Waals surface area (Å²) in [6.45, 7) is 0.488. The van der Waals surface area contributed by atoms with E-state index in [1.54, 1.807) is 24.1 Å². The quantitative estimate of drug-likeness (QED) is 0.859. The van der Waals surface area contributed by atoms with Gasteiger partial charge in [0, 0.05) is 19.0 Å². The third kappa shape index (κ3) is 3.43. The molecule has 0 aliphatic rings. The second kappa shape index (κ2) is 6.00. The van der Waals surface area contributed by atoms with Crippen LogP contribution < -0.4 is 0 Å². The van der Waals surface area contributed by atoms with Crippen LogP contribution in [0.25, 0.3) is 0 Å². The Hall–Kier alpha value is -1.64. The number of carbonyl (C=O) groups excluding carboxylic acids is 1. The van der Waals surface area contributed by atoms with Gasteiger partial charge in [0.2, 0.25) is 0 Å². The lowest BCUT2D eigenvalue weighted by Gasteiger charge is -2.16. The van der Waals surface area contributed by atoms with Crippen molar-refractivity contribution in [3.8, 4) is 6.07 Å². The highest BCUT2D eigenvalue weighted by Gasteiger charge is 2.13. The molecule has 0 unspecified atom stereocenters. The Morgan fingerprint density at radius 1 is 1.47 bits per heavy atom. The van der Waals surface area contributed by atoms with Crippen molar-refractivity contribution in [1.82, 2.24) is 4.90 Å². The maximum Gasteiger partial charge on any atom is 0.254 e. The molecule has 0 saturated heterocycles. The first-order valence-corrected chi connectivity index (χ1v) is 7.26. The van der Waals surface area contributed by atoms with Crippen molar-refractivity contribution in [3.63, 3.8) is 0 Å². The second-order valence-corrected chi connectivity index (χ2v) is 6.40. The zero-order chi connectivity index (χ0) is 13.8. The van der Waals surface area contributed by atoms with Crippen LogP contribution in [0.4, 0.5) is 0 Å². The molecule has 2 aromatic rings. The van der Waals surface area contributed by atoms with Gasteiger partial charge in [-0.25, -0.2) is 0 Å². The van der Waals surface area contributed by atoms with Gasteiger partial charge in [-0.15, -0.1) is 11.3 Å². The van der Waals surface area contributed by atoms with Crippen LogP contribution in [0.5, 0.6) is 0 Å². The van der Waals surface area contributed by atoms with Crippen LogP contribution in [-0.4, -0.2) is 17.9 Å². The highest BCUT2D eigenvalue weighted by Crippen LogP contribution is 2.22. The third-order valence-corrected chi connectivity index (χ3v) is 4.14. The molecule has 0 radical (unpaired) electrons. The van der Waals surface area contributed by atoms with Gasteiger partial charge in [0.05, 0.1) is 21.0 Å². The van der Waals surface area contributed by atoms with Crippen LogP contribution in [0.3, 0.4) is 0 Å². The molecule has 3 nitrogen and oxygen atoms in total. The molecule has 0 bridgehead atoms. The Morgan fingerprint density at radius 3 is 2.89 bits per heavy atom. The van der Waals surface area contributed by atoms with Crippen molar-refractivity contribution in [2.45, 2.75) is 6.54 Å². The van der Waals surface area contributed by atoms with Crippen molar-refractivity contribution in [1.29, 1.82) is 5.26 Å². The van der Waals surface area contributed by atoms with E-state index in [1.807, 2.05) is 23.6 Å². The van der Waals surface area contributed by atoms with E-state index in [9.17, 15) is 4.79 Å². The summed E-state index contributed by atoms with van der Waals surface area (Å²) in [6.07, 6.45) is 0. The lowest BCUT2D eigenvalue weighted by molar-refractivity contribution is 0.0785. The molecule has 96 valence electrons. The molecule has 0 aliphatic heterocycles. The third-order valence-electron chi connectivity index (χ3n) is 2.64. The van der Waals surface area contributed by atoms with Gasteiger partial charge in [0.25, 0.3) is 5.91 Å². The first kappa shape index (κ1) is 13.8. The summed E-state index contributed by atoms with van der Waals surface area (Å²) in [5.41, 5.74) is 2.23. The monoisotopic (exact) mass is 334 g/mol. The Kier molecular flexibility index (Phi) is 4.35. The van der Waals surface area contributed by atoms with Crippen molar-refractivity contribution >= 4 is 33.2 Å². The van der Waals surface area contributed by atoms with Crippen LogP contribution >= 0.6 is 27.3 Å². The van der Waals surface area contributed by atoms with E-state index < -0.39 is 0 Å². The number of thiophene rings is 1. The first-order chi connectivity index (χ1) is 9.10. The Balaban J connectivity index is 2.10. The highest BCUT2D eigenvalue weighted by atomic mass is 79.9. The summed E-state index contributed by atoms with van der Waals surface area (Å²) in [6, 6.07) is 11.2. The van der Waals surface area contributed by atoms with Crippen molar-refractivity contribution in [2.24, 2.45) is 0 Å². The molecule has 5 heteroatoms. The van der Waals surface area contributed by atoms with Gasteiger partial charge in [-0.05, 0) is 39.7 Å². The maximum absolute atomic E-state index is 12.2. The topological polar surface area (TPSA) is 44.1 Å². The van der Waals surface area contributed by atoms with E-state index in [0.717, 1.165) is 9.35 Å². The molecule has 0 N–H and O–H groups in total. The minimum Gasteiger partial charge on any atom is -0.337 e. The predicted octanol–water partition coefficient (Wildman–Crippen LogP) is 3.65. The number of amides is 1. The molecule has 2 rings (SSSR count). The lowest BCUT2D eigenvalue weighted by atomic mass is 10.1. The normalized spacial score (nSPS) is 9.95. The van der Waals surface area contributed by atoms with Crippen LogP contribution in [0, 0.1) is 11.3 Å². The van der Waals surface area contributed by atoms with Gasteiger partial charge >= 0.3 is 0 Å². The first-order valence-electron chi connectivity index (χ1n) is 5.58. The second-order valence-electron chi connectivity index (χ2n) is 4.11. The highest BCUT2D eigenvalue weighted by molar-refractivity contribution is 9.11. The SMILES string of the molecule is CN(Cc1cccc(C#N)c1)C(=O)c1csc(Br)c1. The summed E-state index contributed by atoms with van der Waals surface area (Å²) in [4.78, 5) is 13.8. The zero-order valence-electron chi connectivity index (χ0n) is 10.3. The Bertz CT molecular complexity index is 645. The zero-order valence-corrected chi connectivity index (χ0v) is 12.7. The van der Waals surface area contributed by atoms with E-state index in [0.29, 0.717) is 17.7 Å². The number of hydrogen-bond acceptors (Lipinski definition) is 3. The van der Waals surface area contributed by atoms with Crippen molar-refractivity contribution in [2.75, 3.05) is 7.05 Å². The van der Waals surface area contributed by atoms with Gasteiger partial charge in [-0.1, -0.05) is 12.1 Å². The molecule has 1 amide bonds. The number of rotatable bonds is 3. The molecular weight excluding hydrogens is 324 g/mol. The smallest absolute Gasteiger partial charge is 0.254 e. The van der Waals surface area contributed by atoms with Crippen LogP contribution in [-0.2, 0) is 6.54 Å². The Morgan fingerprint density at radius 2 is 2.26 bits per heavy atom. The summed E-state index contributed by atoms with van der Waals surface area (Å²) >= 11 is 4.84. The average molecular weight is 335 g/mol. The molecule has 0 aliphatic carbocycles. The molecule has 0 spiro atoms. The number of halogens is 1. The molecule has 1 heterocycles. The molecule has 0 fully saturated rings. The standard InChI is InChI=1S/C14H11BrN2OS/c1-17(14(18)12-6-13(15)19-9-12)8-11-4-2-3-10(5-11)7-16/h2-6,9H,8H2,1H3. The maximum atomic E-state index is 12.2. The van der Waals surface area contributed by atoms with Gasteiger partial charge in [0.1, 0.15) is 0 Å². The Labute approximate surface area is 124 Å². The predicted molar refractivity (Wildman–Crippen MR) is 79.0 cm³/mol. The van der Waals surface area contributed by atoms with E-state index in [1.165, 1.54) is 11.3 Å². The van der Waals surface area contributed by atoms with E-state index in [4.69, 9.17) is 5.26 Å². The summed E-state index contributed by atoms with van der Waals surface area (Å²) in [5.74, 6) is -0.0238. The largest absolute Gasteiger partial charge is 0.337 e. The van der Waals surface area contributed by atoms with Gasteiger partial charge in [0.15, 0.2) is 0 Å². The van der Waals surface area contributed by atoms with Gasteiger partial charge in [-0.3, -0.25) is 4.79 Å². The number of benzene rings is 1. The van der Waals surface area contributed by atoms with Gasteiger partial charge < -0.3 is 4.90 Å². The summed E-state index contributed by atoms with van der Waals surface area (Å²) < 4.78 is 0.940. The van der Waals surface area contributed by atoms with E-state index >= 15 is 0 Å². The fraction of sp³-hybridized carbons (Fsp3) is 0.143. The fourth-order valence-corrected chi connectivity index (χ4v) is 2.86. The number of nitrogens with zero attached hydrogens (tertiary/aromatic N) is 2. The number of carbonyl (C=O) groups is 1. The minimum absolute atomic E-state index is 0.0238. The molecule has 19 heavy (non-hydrogen) atoms. The molecule has 1 aromatic heterocycles. The molecular formula is C14H11BrN2OS. The number of nitriles is 1. The molecule has 0 atom stereocenters. The molecule has 1 aromatic carbocycles. The average Bonchev–Trinajstić information content (AvgIpc) is 2.84. The number of hydrogen-bond donors (Lipinski definition) is 0. The van der Waals surface area contributed by atoms with Crippen molar-refractivity contribution in [3.05, 3.63) is 56.2 Å². The fourth-order valence-electron chi connectivity index (χ4n) is 1.73. The minimum atomic E-state index is -0.0238. The van der Waals surface area contributed by atoms with Gasteiger partial charge in [-0.2, -0.15) is 5.26 Å². The van der Waals surface area contributed by atoms with Crippen molar-refractivity contribution < 1.29 is 4.79 Å².